The van der Waals surface area contributed by atoms with Gasteiger partial charge in [-0.25, -0.2) is 4.39 Å². The molecule has 126 valence electrons. The first-order valence-electron chi connectivity index (χ1n) is 8.18. The van der Waals surface area contributed by atoms with Gasteiger partial charge in [0.25, 0.3) is 5.91 Å². The van der Waals surface area contributed by atoms with Crippen molar-refractivity contribution in [1.29, 1.82) is 0 Å². The smallest absolute Gasteiger partial charge is 0.257 e. The summed E-state index contributed by atoms with van der Waals surface area (Å²) in [5.41, 5.74) is 0.916. The summed E-state index contributed by atoms with van der Waals surface area (Å²) in [6.45, 7) is 0.543. The lowest BCUT2D eigenvalue weighted by Gasteiger charge is -2.22. The fraction of sp³-hybridized carbons (Fsp3) is 0.211. The Labute approximate surface area is 144 Å². The van der Waals surface area contributed by atoms with Crippen molar-refractivity contribution in [1.82, 2.24) is 15.0 Å². The van der Waals surface area contributed by atoms with Crippen LogP contribution in [-0.2, 0) is 0 Å². The van der Waals surface area contributed by atoms with Crippen LogP contribution in [0.3, 0.4) is 0 Å². The molecular formula is C19H16FN3O2. The van der Waals surface area contributed by atoms with E-state index in [2.05, 4.69) is 10.1 Å². The lowest BCUT2D eigenvalue weighted by molar-refractivity contribution is 0.0705. The fourth-order valence-electron chi connectivity index (χ4n) is 3.13. The minimum atomic E-state index is -0.520. The van der Waals surface area contributed by atoms with Crippen LogP contribution in [0.4, 0.5) is 4.39 Å². The molecule has 6 heteroatoms. The molecule has 1 aromatic heterocycles. The predicted molar refractivity (Wildman–Crippen MR) is 89.1 cm³/mol. The first-order chi connectivity index (χ1) is 12.2. The van der Waals surface area contributed by atoms with Crippen LogP contribution in [0.25, 0.3) is 11.4 Å². The zero-order chi connectivity index (χ0) is 17.2. The monoisotopic (exact) mass is 337 g/mol. The molecule has 1 aliphatic rings. The van der Waals surface area contributed by atoms with E-state index in [0.717, 1.165) is 18.4 Å². The molecule has 25 heavy (non-hydrogen) atoms. The maximum atomic E-state index is 13.9. The van der Waals surface area contributed by atoms with Gasteiger partial charge in [0.15, 0.2) is 0 Å². The SMILES string of the molecule is O=C(c1ccccc1F)N1CCC[C@H]1c1nc(-c2ccccc2)no1. The van der Waals surface area contributed by atoms with Gasteiger partial charge in [-0.3, -0.25) is 4.79 Å². The van der Waals surface area contributed by atoms with Crippen molar-refractivity contribution >= 4 is 5.91 Å². The summed E-state index contributed by atoms with van der Waals surface area (Å²) in [6, 6.07) is 15.2. The Morgan fingerprint density at radius 3 is 2.68 bits per heavy atom. The number of nitrogens with zero attached hydrogens (tertiary/aromatic N) is 3. The van der Waals surface area contributed by atoms with Gasteiger partial charge in [-0.15, -0.1) is 0 Å². The third-order valence-electron chi connectivity index (χ3n) is 4.38. The van der Waals surface area contributed by atoms with Gasteiger partial charge in [0, 0.05) is 12.1 Å². The number of rotatable bonds is 3. The van der Waals surface area contributed by atoms with Crippen molar-refractivity contribution in [2.24, 2.45) is 0 Å². The normalized spacial score (nSPS) is 17.0. The van der Waals surface area contributed by atoms with E-state index in [1.807, 2.05) is 30.3 Å². The molecule has 0 radical (unpaired) electrons. The maximum Gasteiger partial charge on any atom is 0.257 e. The molecule has 0 spiro atoms. The first-order valence-corrected chi connectivity index (χ1v) is 8.18. The van der Waals surface area contributed by atoms with Crippen LogP contribution in [0.15, 0.2) is 59.1 Å². The molecule has 0 N–H and O–H groups in total. The molecule has 2 aromatic carbocycles. The molecule has 1 aliphatic heterocycles. The second kappa shape index (κ2) is 6.47. The van der Waals surface area contributed by atoms with Crippen molar-refractivity contribution in [2.75, 3.05) is 6.54 Å². The highest BCUT2D eigenvalue weighted by molar-refractivity contribution is 5.94. The fourth-order valence-corrected chi connectivity index (χ4v) is 3.13. The maximum absolute atomic E-state index is 13.9. The number of hydrogen-bond donors (Lipinski definition) is 0. The Bertz CT molecular complexity index is 894. The molecule has 0 aliphatic carbocycles. The van der Waals surface area contributed by atoms with Gasteiger partial charge in [0.05, 0.1) is 5.56 Å². The van der Waals surface area contributed by atoms with Crippen molar-refractivity contribution < 1.29 is 13.7 Å². The van der Waals surface area contributed by atoms with Crippen LogP contribution in [0.5, 0.6) is 0 Å². The molecule has 1 amide bonds. The van der Waals surface area contributed by atoms with Gasteiger partial charge in [-0.05, 0) is 25.0 Å². The Morgan fingerprint density at radius 2 is 1.88 bits per heavy atom. The second-order valence-corrected chi connectivity index (χ2v) is 5.96. The largest absolute Gasteiger partial charge is 0.337 e. The molecule has 2 heterocycles. The number of carbonyl (C=O) groups is 1. The average Bonchev–Trinajstić information content (AvgIpc) is 3.31. The van der Waals surface area contributed by atoms with Gasteiger partial charge in [-0.1, -0.05) is 47.6 Å². The molecule has 1 saturated heterocycles. The molecule has 4 rings (SSSR count). The van der Waals surface area contributed by atoms with E-state index >= 15 is 0 Å². The molecule has 1 atom stereocenters. The van der Waals surface area contributed by atoms with Crippen LogP contribution >= 0.6 is 0 Å². The van der Waals surface area contributed by atoms with E-state index < -0.39 is 5.82 Å². The van der Waals surface area contributed by atoms with Crippen LogP contribution in [0, 0.1) is 5.82 Å². The lowest BCUT2D eigenvalue weighted by Crippen LogP contribution is -2.31. The van der Waals surface area contributed by atoms with Crippen LogP contribution in [0.2, 0.25) is 0 Å². The van der Waals surface area contributed by atoms with Gasteiger partial charge < -0.3 is 9.42 Å². The molecular weight excluding hydrogens is 321 g/mol. The number of hydrogen-bond acceptors (Lipinski definition) is 4. The minimum absolute atomic E-state index is 0.0669. The third kappa shape index (κ3) is 2.91. The predicted octanol–water partition coefficient (Wildman–Crippen LogP) is 3.85. The third-order valence-corrected chi connectivity index (χ3v) is 4.38. The summed E-state index contributed by atoms with van der Waals surface area (Å²) >= 11 is 0. The zero-order valence-electron chi connectivity index (χ0n) is 13.4. The topological polar surface area (TPSA) is 59.2 Å². The van der Waals surface area contributed by atoms with E-state index in [1.165, 1.54) is 12.1 Å². The average molecular weight is 337 g/mol. The molecule has 1 fully saturated rings. The Kier molecular flexibility index (Phi) is 4.01. The second-order valence-electron chi connectivity index (χ2n) is 5.96. The molecule has 3 aromatic rings. The zero-order valence-corrected chi connectivity index (χ0v) is 13.4. The van der Waals surface area contributed by atoms with E-state index in [9.17, 15) is 9.18 Å². The summed E-state index contributed by atoms with van der Waals surface area (Å²) < 4.78 is 19.4. The van der Waals surface area contributed by atoms with Crippen molar-refractivity contribution in [3.63, 3.8) is 0 Å². The molecule has 5 nitrogen and oxygen atoms in total. The van der Waals surface area contributed by atoms with Gasteiger partial charge in [0.1, 0.15) is 11.9 Å². The number of amides is 1. The molecule has 0 bridgehead atoms. The number of likely N-dealkylation sites (tertiary alicyclic amines) is 1. The van der Waals surface area contributed by atoms with Gasteiger partial charge in [-0.2, -0.15) is 4.98 Å². The summed E-state index contributed by atoms with van der Waals surface area (Å²) in [4.78, 5) is 18.8. The Hall–Kier alpha value is -3.02. The van der Waals surface area contributed by atoms with E-state index in [0.29, 0.717) is 18.3 Å². The first kappa shape index (κ1) is 15.5. The Balaban J connectivity index is 1.61. The van der Waals surface area contributed by atoms with Crippen molar-refractivity contribution in [3.8, 4) is 11.4 Å². The molecule has 0 unspecified atom stereocenters. The van der Waals surface area contributed by atoms with E-state index in [1.54, 1.807) is 17.0 Å². The number of carbonyl (C=O) groups excluding carboxylic acids is 1. The number of aromatic nitrogens is 2. The lowest BCUT2D eigenvalue weighted by atomic mass is 10.1. The summed E-state index contributed by atoms with van der Waals surface area (Å²) in [5.74, 6) is 0.00977. The quantitative estimate of drug-likeness (QED) is 0.728. The van der Waals surface area contributed by atoms with Gasteiger partial charge >= 0.3 is 0 Å². The van der Waals surface area contributed by atoms with Crippen molar-refractivity contribution in [3.05, 3.63) is 71.9 Å². The highest BCUT2D eigenvalue weighted by Gasteiger charge is 2.35. The van der Waals surface area contributed by atoms with Crippen molar-refractivity contribution in [2.45, 2.75) is 18.9 Å². The molecule has 0 saturated carbocycles. The number of halogens is 1. The number of benzene rings is 2. The Morgan fingerprint density at radius 1 is 1.12 bits per heavy atom. The summed E-state index contributed by atoms with van der Waals surface area (Å²) in [5, 5.41) is 4.02. The van der Waals surface area contributed by atoms with E-state index in [4.69, 9.17) is 4.52 Å². The van der Waals surface area contributed by atoms with Crippen LogP contribution in [0.1, 0.15) is 35.1 Å². The van der Waals surface area contributed by atoms with Crippen LogP contribution in [-0.4, -0.2) is 27.5 Å². The summed E-state index contributed by atoms with van der Waals surface area (Å²) in [6.07, 6.45) is 1.53. The highest BCUT2D eigenvalue weighted by Crippen LogP contribution is 2.33. The summed E-state index contributed by atoms with van der Waals surface area (Å²) in [7, 11) is 0. The van der Waals surface area contributed by atoms with E-state index in [-0.39, 0.29) is 17.5 Å². The van der Waals surface area contributed by atoms with Gasteiger partial charge in [0.2, 0.25) is 11.7 Å². The minimum Gasteiger partial charge on any atom is -0.337 e. The highest BCUT2D eigenvalue weighted by atomic mass is 19.1. The van der Waals surface area contributed by atoms with Crippen LogP contribution < -0.4 is 0 Å². The standard InChI is InChI=1S/C19H16FN3O2/c20-15-10-5-4-9-14(15)19(24)23-12-6-11-16(23)18-21-17(22-25-18)13-7-2-1-3-8-13/h1-5,7-10,16H,6,11-12H2/t16-/m0/s1.